The Morgan fingerprint density at radius 2 is 1.62 bits per heavy atom. The Labute approximate surface area is 230 Å². The molecule has 2 amide bonds. The third-order valence-corrected chi connectivity index (χ3v) is 8.47. The number of carbonyl (C=O) groups excluding carboxylic acids is 2. The molecule has 0 radical (unpaired) electrons. The number of sulfonamides is 1. The number of amides is 2. The van der Waals surface area contributed by atoms with E-state index in [1.165, 1.54) is 35.2 Å². The average molecular weight is 554 g/mol. The second-order valence-electron chi connectivity index (χ2n) is 9.67. The fourth-order valence-corrected chi connectivity index (χ4v) is 5.44. The molecule has 7 nitrogen and oxygen atoms in total. The van der Waals surface area contributed by atoms with Crippen LogP contribution in [-0.4, -0.2) is 44.3 Å². The average Bonchev–Trinajstić information content (AvgIpc) is 2.91. The second kappa shape index (κ2) is 12.9. The molecular weight excluding hydrogens is 517 g/mol. The van der Waals surface area contributed by atoms with E-state index in [9.17, 15) is 22.4 Å². The van der Waals surface area contributed by atoms with Gasteiger partial charge in [-0.2, -0.15) is 0 Å². The standard InChI is InChI=1S/C30H36FN3O4S/c1-6-17-32-30(36)24(5)33(19-25-9-7-8-10-28(25)31)29(35)20-34(26-14-13-22(3)23(4)18-26)39(37,38)27-15-11-21(2)12-16-27/h7-16,18,24H,6,17,19-20H2,1-5H3,(H,32,36)/t24-/m0/s1. The Morgan fingerprint density at radius 1 is 0.949 bits per heavy atom. The molecule has 0 aromatic heterocycles. The fraction of sp³-hybridized carbons (Fsp3) is 0.333. The van der Waals surface area contributed by atoms with E-state index in [2.05, 4.69) is 5.32 Å². The SMILES string of the molecule is CCCNC(=O)[C@H](C)N(Cc1ccccc1F)C(=O)CN(c1ccc(C)c(C)c1)S(=O)(=O)c1ccc(C)cc1. The van der Waals surface area contributed by atoms with Crippen molar-refractivity contribution in [2.75, 3.05) is 17.4 Å². The lowest BCUT2D eigenvalue weighted by molar-refractivity contribution is -0.139. The van der Waals surface area contributed by atoms with Crippen molar-refractivity contribution >= 4 is 27.5 Å². The van der Waals surface area contributed by atoms with E-state index in [-0.39, 0.29) is 17.0 Å². The van der Waals surface area contributed by atoms with Crippen molar-refractivity contribution in [3.05, 3.63) is 94.8 Å². The summed E-state index contributed by atoms with van der Waals surface area (Å²) in [7, 11) is -4.16. The molecule has 1 atom stereocenters. The molecule has 0 heterocycles. The van der Waals surface area contributed by atoms with Gasteiger partial charge >= 0.3 is 0 Å². The number of hydrogen-bond donors (Lipinski definition) is 1. The topological polar surface area (TPSA) is 86.8 Å². The summed E-state index contributed by atoms with van der Waals surface area (Å²) in [6, 6.07) is 16.6. The summed E-state index contributed by atoms with van der Waals surface area (Å²) in [5.41, 5.74) is 3.27. The number of anilines is 1. The largest absolute Gasteiger partial charge is 0.354 e. The number of nitrogens with one attached hydrogen (secondary N) is 1. The summed E-state index contributed by atoms with van der Waals surface area (Å²) in [4.78, 5) is 28.0. The maximum absolute atomic E-state index is 14.6. The number of aryl methyl sites for hydroxylation is 3. The van der Waals surface area contributed by atoms with E-state index >= 15 is 0 Å². The molecular formula is C30H36FN3O4S. The Balaban J connectivity index is 2.05. The van der Waals surface area contributed by atoms with Crippen molar-refractivity contribution in [2.24, 2.45) is 0 Å². The second-order valence-corrected chi connectivity index (χ2v) is 11.5. The summed E-state index contributed by atoms with van der Waals surface area (Å²) in [5, 5.41) is 2.77. The van der Waals surface area contributed by atoms with Crippen LogP contribution in [-0.2, 0) is 26.2 Å². The van der Waals surface area contributed by atoms with Crippen molar-refractivity contribution in [1.29, 1.82) is 0 Å². The summed E-state index contributed by atoms with van der Waals surface area (Å²) in [6.07, 6.45) is 0.703. The van der Waals surface area contributed by atoms with E-state index in [4.69, 9.17) is 0 Å². The van der Waals surface area contributed by atoms with Gasteiger partial charge in [0.05, 0.1) is 10.6 Å². The van der Waals surface area contributed by atoms with Gasteiger partial charge < -0.3 is 10.2 Å². The first-order valence-electron chi connectivity index (χ1n) is 12.9. The van der Waals surface area contributed by atoms with E-state index < -0.39 is 40.2 Å². The molecule has 0 unspecified atom stereocenters. The molecule has 0 aliphatic carbocycles. The lowest BCUT2D eigenvalue weighted by atomic mass is 10.1. The number of carbonyl (C=O) groups is 2. The van der Waals surface area contributed by atoms with Gasteiger partial charge in [-0.3, -0.25) is 13.9 Å². The van der Waals surface area contributed by atoms with Gasteiger partial charge in [-0.15, -0.1) is 0 Å². The van der Waals surface area contributed by atoms with Gasteiger partial charge in [-0.1, -0.05) is 48.9 Å². The van der Waals surface area contributed by atoms with Gasteiger partial charge in [0.1, 0.15) is 18.4 Å². The summed E-state index contributed by atoms with van der Waals surface area (Å²) >= 11 is 0. The molecule has 0 bridgehead atoms. The Kier molecular flexibility index (Phi) is 9.86. The first kappa shape index (κ1) is 29.8. The van der Waals surface area contributed by atoms with E-state index in [0.29, 0.717) is 18.7 Å². The molecule has 39 heavy (non-hydrogen) atoms. The molecule has 0 saturated carbocycles. The summed E-state index contributed by atoms with van der Waals surface area (Å²) in [6.45, 7) is 8.74. The first-order chi connectivity index (χ1) is 18.4. The van der Waals surface area contributed by atoms with Crippen LogP contribution in [0.15, 0.2) is 71.6 Å². The van der Waals surface area contributed by atoms with Gasteiger partial charge in [0.25, 0.3) is 10.0 Å². The van der Waals surface area contributed by atoms with Gasteiger partial charge in [0.2, 0.25) is 11.8 Å². The minimum absolute atomic E-state index is 0.0357. The maximum atomic E-state index is 14.6. The quantitative estimate of drug-likeness (QED) is 0.366. The van der Waals surface area contributed by atoms with Gasteiger partial charge in [-0.25, -0.2) is 12.8 Å². The summed E-state index contributed by atoms with van der Waals surface area (Å²) in [5.74, 6) is -1.55. The zero-order chi connectivity index (χ0) is 28.7. The number of benzene rings is 3. The van der Waals surface area contributed by atoms with Crippen LogP contribution in [0.25, 0.3) is 0 Å². The van der Waals surface area contributed by atoms with Gasteiger partial charge in [0.15, 0.2) is 0 Å². The minimum Gasteiger partial charge on any atom is -0.354 e. The third-order valence-electron chi connectivity index (χ3n) is 6.68. The van der Waals surface area contributed by atoms with E-state index in [0.717, 1.165) is 21.0 Å². The van der Waals surface area contributed by atoms with Crippen LogP contribution in [0, 0.1) is 26.6 Å². The van der Waals surface area contributed by atoms with Crippen LogP contribution in [0.4, 0.5) is 10.1 Å². The molecule has 9 heteroatoms. The van der Waals surface area contributed by atoms with Crippen LogP contribution in [0.5, 0.6) is 0 Å². The highest BCUT2D eigenvalue weighted by atomic mass is 32.2. The molecule has 1 N–H and O–H groups in total. The lowest BCUT2D eigenvalue weighted by Crippen LogP contribution is -2.51. The van der Waals surface area contributed by atoms with E-state index in [1.54, 1.807) is 43.3 Å². The molecule has 0 fully saturated rings. The third kappa shape index (κ3) is 7.23. The number of halogens is 1. The molecule has 0 spiro atoms. The van der Waals surface area contributed by atoms with E-state index in [1.807, 2.05) is 27.7 Å². The van der Waals surface area contributed by atoms with Crippen LogP contribution in [0.1, 0.15) is 42.5 Å². The highest BCUT2D eigenvalue weighted by Crippen LogP contribution is 2.27. The molecule has 208 valence electrons. The molecule has 0 aliphatic heterocycles. The van der Waals surface area contributed by atoms with Crippen molar-refractivity contribution in [2.45, 2.75) is 58.5 Å². The Hall–Kier alpha value is -3.72. The molecule has 0 saturated heterocycles. The van der Waals surface area contributed by atoms with Crippen LogP contribution in [0.3, 0.4) is 0 Å². The van der Waals surface area contributed by atoms with Crippen molar-refractivity contribution < 1.29 is 22.4 Å². The summed E-state index contributed by atoms with van der Waals surface area (Å²) < 4.78 is 43.4. The highest BCUT2D eigenvalue weighted by Gasteiger charge is 2.33. The van der Waals surface area contributed by atoms with Crippen molar-refractivity contribution in [3.63, 3.8) is 0 Å². The maximum Gasteiger partial charge on any atom is 0.264 e. The lowest BCUT2D eigenvalue weighted by Gasteiger charge is -2.32. The normalized spacial score (nSPS) is 12.1. The Bertz CT molecular complexity index is 1420. The smallest absolute Gasteiger partial charge is 0.264 e. The van der Waals surface area contributed by atoms with Crippen LogP contribution in [0.2, 0.25) is 0 Å². The van der Waals surface area contributed by atoms with Gasteiger partial charge in [-0.05, 0) is 75.6 Å². The zero-order valence-electron chi connectivity index (χ0n) is 23.1. The van der Waals surface area contributed by atoms with Crippen molar-refractivity contribution in [3.8, 4) is 0 Å². The van der Waals surface area contributed by atoms with Crippen molar-refractivity contribution in [1.82, 2.24) is 10.2 Å². The molecule has 3 rings (SSSR count). The number of nitrogens with zero attached hydrogens (tertiary/aromatic N) is 2. The van der Waals surface area contributed by atoms with Crippen LogP contribution >= 0.6 is 0 Å². The molecule has 3 aromatic rings. The predicted octanol–water partition coefficient (Wildman–Crippen LogP) is 4.89. The zero-order valence-corrected chi connectivity index (χ0v) is 23.9. The number of rotatable bonds is 11. The van der Waals surface area contributed by atoms with Crippen LogP contribution < -0.4 is 9.62 Å². The number of hydrogen-bond acceptors (Lipinski definition) is 4. The molecule has 3 aromatic carbocycles. The van der Waals surface area contributed by atoms with Gasteiger partial charge in [0, 0.05) is 18.7 Å². The fourth-order valence-electron chi connectivity index (χ4n) is 4.04. The predicted molar refractivity (Wildman–Crippen MR) is 151 cm³/mol. The highest BCUT2D eigenvalue weighted by molar-refractivity contribution is 7.92. The molecule has 0 aliphatic rings. The monoisotopic (exact) mass is 553 g/mol. The first-order valence-corrected chi connectivity index (χ1v) is 14.4. The Morgan fingerprint density at radius 3 is 2.23 bits per heavy atom. The minimum atomic E-state index is -4.16.